The average molecular weight is 307 g/mol. The van der Waals surface area contributed by atoms with Crippen molar-refractivity contribution in [2.45, 2.75) is 58.3 Å². The van der Waals surface area contributed by atoms with E-state index in [0.717, 1.165) is 24.0 Å². The molecule has 0 bridgehead atoms. The van der Waals surface area contributed by atoms with Crippen LogP contribution in [0.15, 0.2) is 28.5 Å². The maximum atomic E-state index is 12.5. The minimum absolute atomic E-state index is 0.0213. The van der Waals surface area contributed by atoms with Crippen LogP contribution in [-0.4, -0.2) is 24.0 Å². The van der Waals surface area contributed by atoms with E-state index < -0.39 is 0 Å². The van der Waals surface area contributed by atoms with Gasteiger partial charge < -0.3 is 10.5 Å². The van der Waals surface area contributed by atoms with Crippen LogP contribution in [0.1, 0.15) is 50.4 Å². The largest absolute Gasteiger partial charge is 0.371 e. The SMILES string of the molecule is CCC(CC)O[C@@H]1C=C(C(=O)c2ccsc2)C[C@H](N)[C@H]1C. The molecule has 0 radical (unpaired) electrons. The van der Waals surface area contributed by atoms with Gasteiger partial charge in [0.15, 0.2) is 5.78 Å². The molecule has 1 aliphatic carbocycles. The van der Waals surface area contributed by atoms with Gasteiger partial charge in [0, 0.05) is 28.5 Å². The third-order valence-corrected chi connectivity index (χ3v) is 5.03. The Bertz CT molecular complexity index is 491. The molecule has 1 aromatic heterocycles. The fourth-order valence-corrected chi connectivity index (χ4v) is 3.35. The van der Waals surface area contributed by atoms with Gasteiger partial charge in [-0.2, -0.15) is 11.3 Å². The number of Topliss-reactive ketones (excluding diaryl/α,β-unsaturated/α-hetero) is 1. The molecule has 2 N–H and O–H groups in total. The van der Waals surface area contributed by atoms with Gasteiger partial charge in [-0.05, 0) is 36.8 Å². The summed E-state index contributed by atoms with van der Waals surface area (Å²) in [6.45, 7) is 6.37. The lowest BCUT2D eigenvalue weighted by atomic mass is 9.82. The van der Waals surface area contributed by atoms with E-state index in [2.05, 4.69) is 20.8 Å². The van der Waals surface area contributed by atoms with Gasteiger partial charge in [-0.25, -0.2) is 0 Å². The topological polar surface area (TPSA) is 52.3 Å². The molecule has 1 heterocycles. The van der Waals surface area contributed by atoms with Gasteiger partial charge in [0.05, 0.1) is 12.2 Å². The van der Waals surface area contributed by atoms with E-state index in [1.54, 1.807) is 11.3 Å². The zero-order valence-electron chi connectivity index (χ0n) is 13.0. The molecule has 0 amide bonds. The maximum absolute atomic E-state index is 12.5. The van der Waals surface area contributed by atoms with Gasteiger partial charge >= 0.3 is 0 Å². The van der Waals surface area contributed by atoms with Crippen molar-refractivity contribution in [3.63, 3.8) is 0 Å². The smallest absolute Gasteiger partial charge is 0.189 e. The highest BCUT2D eigenvalue weighted by atomic mass is 32.1. The highest BCUT2D eigenvalue weighted by Crippen LogP contribution is 2.29. The summed E-state index contributed by atoms with van der Waals surface area (Å²) in [6, 6.07) is 1.85. The number of ether oxygens (including phenoxy) is 1. The number of carbonyl (C=O) groups excluding carboxylic acids is 1. The summed E-state index contributed by atoms with van der Waals surface area (Å²) in [7, 11) is 0. The van der Waals surface area contributed by atoms with Crippen LogP contribution >= 0.6 is 11.3 Å². The van der Waals surface area contributed by atoms with Crippen LogP contribution in [-0.2, 0) is 4.74 Å². The Morgan fingerprint density at radius 3 is 2.76 bits per heavy atom. The second kappa shape index (κ2) is 7.34. The lowest BCUT2D eigenvalue weighted by molar-refractivity contribution is -0.0247. The van der Waals surface area contributed by atoms with Crippen molar-refractivity contribution in [2.75, 3.05) is 0 Å². The summed E-state index contributed by atoms with van der Waals surface area (Å²) >= 11 is 1.54. The Balaban J connectivity index is 2.19. The zero-order valence-corrected chi connectivity index (χ0v) is 13.9. The van der Waals surface area contributed by atoms with Gasteiger partial charge in [-0.15, -0.1) is 0 Å². The van der Waals surface area contributed by atoms with Gasteiger partial charge in [-0.3, -0.25) is 4.79 Å². The molecule has 0 unspecified atom stereocenters. The van der Waals surface area contributed by atoms with E-state index in [0.29, 0.717) is 6.42 Å². The standard InChI is InChI=1S/C17H25NO2S/c1-4-14(5-2)20-16-9-13(8-15(18)11(16)3)17(19)12-6-7-21-10-12/h6-7,9-11,14-16H,4-5,8,18H2,1-3H3/t11-,15+,16-/m1/s1. The predicted molar refractivity (Wildman–Crippen MR) is 87.7 cm³/mol. The third kappa shape index (κ3) is 3.82. The minimum atomic E-state index is -0.0590. The lowest BCUT2D eigenvalue weighted by Crippen LogP contribution is -2.42. The number of rotatable bonds is 6. The summed E-state index contributed by atoms with van der Waals surface area (Å²) in [5, 5.41) is 3.82. The molecule has 3 atom stereocenters. The Hall–Kier alpha value is -0.970. The lowest BCUT2D eigenvalue weighted by Gasteiger charge is -2.34. The molecule has 0 fully saturated rings. The summed E-state index contributed by atoms with van der Waals surface area (Å²) < 4.78 is 6.16. The normalized spacial score (nSPS) is 26.0. The molecule has 0 aliphatic heterocycles. The van der Waals surface area contributed by atoms with Crippen molar-refractivity contribution >= 4 is 17.1 Å². The molecule has 0 saturated carbocycles. The highest BCUT2D eigenvalue weighted by molar-refractivity contribution is 7.08. The molecule has 116 valence electrons. The first-order chi connectivity index (χ1) is 10.1. The number of carbonyl (C=O) groups is 1. The monoisotopic (exact) mass is 307 g/mol. The molecule has 0 spiro atoms. The minimum Gasteiger partial charge on any atom is -0.371 e. The molecule has 2 rings (SSSR count). The van der Waals surface area contributed by atoms with Gasteiger partial charge in [0.25, 0.3) is 0 Å². The molecule has 3 nitrogen and oxygen atoms in total. The number of thiophene rings is 1. The van der Waals surface area contributed by atoms with Crippen LogP contribution in [0.5, 0.6) is 0 Å². The number of ketones is 1. The molecule has 0 saturated heterocycles. The van der Waals surface area contributed by atoms with Crippen molar-refractivity contribution < 1.29 is 9.53 Å². The van der Waals surface area contributed by atoms with E-state index in [-0.39, 0.29) is 30.0 Å². The third-order valence-electron chi connectivity index (χ3n) is 4.35. The second-order valence-corrected chi connectivity index (χ2v) is 6.58. The van der Waals surface area contributed by atoms with Gasteiger partial charge in [0.1, 0.15) is 0 Å². The van der Waals surface area contributed by atoms with Crippen molar-refractivity contribution in [3.05, 3.63) is 34.0 Å². The highest BCUT2D eigenvalue weighted by Gasteiger charge is 2.32. The average Bonchev–Trinajstić information content (AvgIpc) is 3.02. The molecular formula is C17H25NO2S. The Kier molecular flexibility index (Phi) is 5.73. The van der Waals surface area contributed by atoms with Crippen LogP contribution < -0.4 is 5.73 Å². The van der Waals surface area contributed by atoms with E-state index in [4.69, 9.17) is 10.5 Å². The van der Waals surface area contributed by atoms with Crippen LogP contribution in [0.2, 0.25) is 0 Å². The number of nitrogens with two attached hydrogens (primary N) is 1. The van der Waals surface area contributed by atoms with Crippen molar-refractivity contribution in [3.8, 4) is 0 Å². The molecule has 4 heteroatoms. The summed E-state index contributed by atoms with van der Waals surface area (Å²) in [5.41, 5.74) is 7.80. The summed E-state index contributed by atoms with van der Waals surface area (Å²) in [5.74, 6) is 0.335. The molecule has 0 aromatic carbocycles. The second-order valence-electron chi connectivity index (χ2n) is 5.80. The van der Waals surface area contributed by atoms with E-state index >= 15 is 0 Å². The zero-order chi connectivity index (χ0) is 15.4. The Morgan fingerprint density at radius 2 is 2.19 bits per heavy atom. The Morgan fingerprint density at radius 1 is 1.48 bits per heavy atom. The molecular weight excluding hydrogens is 282 g/mol. The molecule has 21 heavy (non-hydrogen) atoms. The number of hydrogen-bond donors (Lipinski definition) is 1. The summed E-state index contributed by atoms with van der Waals surface area (Å²) in [4.78, 5) is 12.5. The van der Waals surface area contributed by atoms with E-state index in [1.807, 2.05) is 22.9 Å². The summed E-state index contributed by atoms with van der Waals surface area (Å²) in [6.07, 6.45) is 4.78. The fraction of sp³-hybridized carbons (Fsp3) is 0.588. The van der Waals surface area contributed by atoms with Crippen molar-refractivity contribution in [2.24, 2.45) is 11.7 Å². The van der Waals surface area contributed by atoms with Crippen molar-refractivity contribution in [1.82, 2.24) is 0 Å². The Labute approximate surface area is 131 Å². The van der Waals surface area contributed by atoms with Crippen LogP contribution in [0.3, 0.4) is 0 Å². The molecule has 1 aliphatic rings. The van der Waals surface area contributed by atoms with E-state index in [9.17, 15) is 4.79 Å². The fourth-order valence-electron chi connectivity index (χ4n) is 2.72. The van der Waals surface area contributed by atoms with E-state index in [1.165, 1.54) is 0 Å². The quantitative estimate of drug-likeness (QED) is 0.813. The van der Waals surface area contributed by atoms with Crippen LogP contribution in [0, 0.1) is 5.92 Å². The maximum Gasteiger partial charge on any atom is 0.189 e. The van der Waals surface area contributed by atoms with Crippen molar-refractivity contribution in [1.29, 1.82) is 0 Å². The molecule has 1 aromatic rings. The number of hydrogen-bond acceptors (Lipinski definition) is 4. The van der Waals surface area contributed by atoms with Crippen LogP contribution in [0.4, 0.5) is 0 Å². The first-order valence-electron chi connectivity index (χ1n) is 7.75. The van der Waals surface area contributed by atoms with Gasteiger partial charge in [0.2, 0.25) is 0 Å². The first-order valence-corrected chi connectivity index (χ1v) is 8.69. The van der Waals surface area contributed by atoms with Crippen LogP contribution in [0.25, 0.3) is 0 Å². The first kappa shape index (κ1) is 16.4. The predicted octanol–water partition coefficient (Wildman–Crippen LogP) is 3.80. The van der Waals surface area contributed by atoms with Gasteiger partial charge in [-0.1, -0.05) is 20.8 Å².